The van der Waals surface area contributed by atoms with Crippen molar-refractivity contribution in [3.8, 4) is 17.0 Å². The molecule has 1 unspecified atom stereocenters. The molecule has 0 aliphatic carbocycles. The fourth-order valence-electron chi connectivity index (χ4n) is 4.04. The minimum absolute atomic E-state index is 0.303. The summed E-state index contributed by atoms with van der Waals surface area (Å²) in [5.41, 5.74) is 5.24. The number of benzene rings is 1. The van der Waals surface area contributed by atoms with Gasteiger partial charge in [0.1, 0.15) is 12.0 Å². The number of ether oxygens (including phenoxy) is 1. The summed E-state index contributed by atoms with van der Waals surface area (Å²) in [5, 5.41) is 15.1. The van der Waals surface area contributed by atoms with E-state index in [0.717, 1.165) is 47.5 Å². The molecule has 0 saturated carbocycles. The highest BCUT2D eigenvalue weighted by Crippen LogP contribution is 2.43. The van der Waals surface area contributed by atoms with Gasteiger partial charge in [0.05, 0.1) is 17.8 Å². The van der Waals surface area contributed by atoms with E-state index in [1.165, 1.54) is 5.56 Å². The molecule has 142 valence electrons. The molecule has 2 atom stereocenters. The van der Waals surface area contributed by atoms with Crippen molar-refractivity contribution in [2.75, 3.05) is 11.5 Å². The summed E-state index contributed by atoms with van der Waals surface area (Å²) in [6.07, 6.45) is 4.32. The lowest BCUT2D eigenvalue weighted by molar-refractivity contribution is 0.174. The molecular formula is C22H27N3O2. The summed E-state index contributed by atoms with van der Waals surface area (Å²) in [6, 6.07) is 12.6. The van der Waals surface area contributed by atoms with Gasteiger partial charge in [0.25, 0.3) is 0 Å². The van der Waals surface area contributed by atoms with Gasteiger partial charge in [-0.05, 0) is 63.4 Å². The zero-order valence-electron chi connectivity index (χ0n) is 16.2. The van der Waals surface area contributed by atoms with Crippen molar-refractivity contribution in [1.29, 1.82) is 0 Å². The maximum Gasteiger partial charge on any atom is 0.134 e. The number of nitrogens with zero attached hydrogens (tertiary/aromatic N) is 3. The fraction of sp³-hybridized carbons (Fsp3) is 0.409. The Morgan fingerprint density at radius 1 is 1.30 bits per heavy atom. The summed E-state index contributed by atoms with van der Waals surface area (Å²) in [7, 11) is 0. The third-order valence-electron chi connectivity index (χ3n) is 5.30. The molecule has 0 radical (unpaired) electrons. The van der Waals surface area contributed by atoms with Crippen molar-refractivity contribution in [3.63, 3.8) is 0 Å². The Morgan fingerprint density at radius 3 is 2.89 bits per heavy atom. The van der Waals surface area contributed by atoms with Gasteiger partial charge in [-0.15, -0.1) is 0 Å². The highest BCUT2D eigenvalue weighted by atomic mass is 16.5. The number of hydrogen-bond acceptors (Lipinski definition) is 4. The van der Waals surface area contributed by atoms with Crippen LogP contribution in [-0.4, -0.2) is 33.6 Å². The molecule has 0 amide bonds. The highest BCUT2D eigenvalue weighted by molar-refractivity contribution is 5.78. The summed E-state index contributed by atoms with van der Waals surface area (Å²) in [5.74, 6) is 0.912. The van der Waals surface area contributed by atoms with Crippen LogP contribution >= 0.6 is 0 Å². The van der Waals surface area contributed by atoms with Gasteiger partial charge < -0.3 is 14.7 Å². The quantitative estimate of drug-likeness (QED) is 0.734. The Labute approximate surface area is 160 Å². The molecule has 0 fully saturated rings. The van der Waals surface area contributed by atoms with Crippen molar-refractivity contribution in [2.45, 2.75) is 52.3 Å². The largest absolute Gasteiger partial charge is 0.493 e. The fourth-order valence-corrected chi connectivity index (χ4v) is 4.04. The van der Waals surface area contributed by atoms with Gasteiger partial charge in [-0.25, -0.2) is 4.52 Å². The van der Waals surface area contributed by atoms with E-state index in [0.29, 0.717) is 12.6 Å². The maximum absolute atomic E-state index is 10.3. The van der Waals surface area contributed by atoms with Gasteiger partial charge in [0, 0.05) is 29.1 Å². The van der Waals surface area contributed by atoms with Gasteiger partial charge in [-0.3, -0.25) is 0 Å². The molecule has 1 aliphatic heterocycles. The molecule has 5 heteroatoms. The topological polar surface area (TPSA) is 50.0 Å². The monoisotopic (exact) mass is 365 g/mol. The van der Waals surface area contributed by atoms with Crippen molar-refractivity contribution in [2.24, 2.45) is 0 Å². The predicted molar refractivity (Wildman–Crippen MR) is 108 cm³/mol. The minimum Gasteiger partial charge on any atom is -0.493 e. The van der Waals surface area contributed by atoms with Gasteiger partial charge in [-0.2, -0.15) is 5.10 Å². The van der Waals surface area contributed by atoms with E-state index in [-0.39, 0.29) is 0 Å². The van der Waals surface area contributed by atoms with Crippen molar-refractivity contribution in [3.05, 3.63) is 48.2 Å². The zero-order chi connectivity index (χ0) is 19.0. The molecular weight excluding hydrogens is 338 g/mol. The van der Waals surface area contributed by atoms with Crippen LogP contribution in [0.5, 0.6) is 5.75 Å². The summed E-state index contributed by atoms with van der Waals surface area (Å²) in [4.78, 5) is 2.09. The van der Waals surface area contributed by atoms with Crippen LogP contribution in [0.2, 0.25) is 0 Å². The molecule has 0 spiro atoms. The number of anilines is 1. The van der Waals surface area contributed by atoms with Crippen LogP contribution in [0.25, 0.3) is 16.8 Å². The number of aliphatic hydroxyl groups is 1. The van der Waals surface area contributed by atoms with Crippen LogP contribution in [0.15, 0.2) is 42.6 Å². The lowest BCUT2D eigenvalue weighted by atomic mass is 9.92. The Bertz CT molecular complexity index is 915. The Morgan fingerprint density at radius 2 is 2.15 bits per heavy atom. The van der Waals surface area contributed by atoms with E-state index in [9.17, 15) is 5.11 Å². The molecule has 2 aromatic heterocycles. The highest BCUT2D eigenvalue weighted by Gasteiger charge is 2.30. The van der Waals surface area contributed by atoms with Gasteiger partial charge in [-0.1, -0.05) is 13.0 Å². The number of aliphatic hydroxyl groups excluding tert-OH is 1. The second kappa shape index (κ2) is 7.24. The van der Waals surface area contributed by atoms with Crippen LogP contribution in [0, 0.1) is 0 Å². The molecule has 1 N–H and O–H groups in total. The average Bonchev–Trinajstić information content (AvgIpc) is 3.09. The first-order chi connectivity index (χ1) is 13.1. The first kappa shape index (κ1) is 17.9. The van der Waals surface area contributed by atoms with E-state index >= 15 is 0 Å². The summed E-state index contributed by atoms with van der Waals surface area (Å²) < 4.78 is 8.13. The number of rotatable bonds is 5. The number of aromatic nitrogens is 2. The standard InChI is InChI=1S/C22H27N3O2/c1-4-13-27-22-18(20-14-17-7-5-6-12-24(17)23-20)10-11-21-19(22)9-8-15(2)25(21)16(3)26/h5-7,10-12,14-16,26H,4,8-9,13H2,1-3H3/t15-,16?/m0/s1. The van der Waals surface area contributed by atoms with Crippen molar-refractivity contribution >= 4 is 11.2 Å². The molecule has 0 bridgehead atoms. The lowest BCUT2D eigenvalue weighted by Crippen LogP contribution is -2.43. The number of pyridine rings is 1. The Kier molecular flexibility index (Phi) is 4.79. The van der Waals surface area contributed by atoms with E-state index in [1.807, 2.05) is 29.8 Å². The number of hydrogen-bond donors (Lipinski definition) is 1. The lowest BCUT2D eigenvalue weighted by Gasteiger charge is -2.40. The third-order valence-corrected chi connectivity index (χ3v) is 5.30. The van der Waals surface area contributed by atoms with Gasteiger partial charge >= 0.3 is 0 Å². The molecule has 27 heavy (non-hydrogen) atoms. The van der Waals surface area contributed by atoms with Gasteiger partial charge in [0.15, 0.2) is 0 Å². The molecule has 4 rings (SSSR count). The van der Waals surface area contributed by atoms with Crippen LogP contribution < -0.4 is 9.64 Å². The van der Waals surface area contributed by atoms with Crippen molar-refractivity contribution < 1.29 is 9.84 Å². The average molecular weight is 365 g/mol. The van der Waals surface area contributed by atoms with E-state index in [2.05, 4.69) is 43.0 Å². The third kappa shape index (κ3) is 3.16. The Balaban J connectivity index is 1.87. The molecule has 0 saturated heterocycles. The Hall–Kier alpha value is -2.53. The molecule has 3 heterocycles. The minimum atomic E-state index is -0.529. The first-order valence-corrected chi connectivity index (χ1v) is 9.80. The normalized spacial score (nSPS) is 17.8. The second-order valence-corrected chi connectivity index (χ2v) is 7.31. The molecule has 3 aromatic rings. The van der Waals surface area contributed by atoms with E-state index in [4.69, 9.17) is 9.84 Å². The number of fused-ring (bicyclic) bond motifs is 2. The molecule has 5 nitrogen and oxygen atoms in total. The predicted octanol–water partition coefficient (Wildman–Crippen LogP) is 4.27. The molecule has 1 aromatic carbocycles. The van der Waals surface area contributed by atoms with Gasteiger partial charge in [0.2, 0.25) is 0 Å². The molecule has 1 aliphatic rings. The van der Waals surface area contributed by atoms with Crippen LogP contribution in [0.1, 0.15) is 39.2 Å². The van der Waals surface area contributed by atoms with Crippen molar-refractivity contribution in [1.82, 2.24) is 9.61 Å². The summed E-state index contributed by atoms with van der Waals surface area (Å²) >= 11 is 0. The van der Waals surface area contributed by atoms with Crippen LogP contribution in [-0.2, 0) is 6.42 Å². The smallest absolute Gasteiger partial charge is 0.134 e. The van der Waals surface area contributed by atoms with Crippen LogP contribution in [0.4, 0.5) is 5.69 Å². The van der Waals surface area contributed by atoms with E-state index < -0.39 is 6.23 Å². The maximum atomic E-state index is 10.3. The van der Waals surface area contributed by atoms with E-state index in [1.54, 1.807) is 0 Å². The first-order valence-electron chi connectivity index (χ1n) is 9.80. The SMILES string of the molecule is CCCOc1c(-c2cc3ccccn3n2)ccc2c1CC[C@H](C)N2C(C)O. The zero-order valence-corrected chi connectivity index (χ0v) is 16.2. The second-order valence-electron chi connectivity index (χ2n) is 7.31. The summed E-state index contributed by atoms with van der Waals surface area (Å²) in [6.45, 7) is 6.78. The van der Waals surface area contributed by atoms with Crippen LogP contribution in [0.3, 0.4) is 0 Å².